The average Bonchev–Trinajstić information content (AvgIpc) is 2.62. The van der Waals surface area contributed by atoms with Gasteiger partial charge in [-0.3, -0.25) is 4.79 Å². The van der Waals surface area contributed by atoms with Crippen LogP contribution >= 0.6 is 0 Å². The first-order valence-corrected chi connectivity index (χ1v) is 5.11. The smallest absolute Gasteiger partial charge is 0.297 e. The number of amides is 1. The third-order valence-electron chi connectivity index (χ3n) is 2.59. The van der Waals surface area contributed by atoms with Crippen molar-refractivity contribution in [2.75, 3.05) is 18.0 Å². The average molecular weight is 203 g/mol. The van der Waals surface area contributed by atoms with Crippen LogP contribution in [0.25, 0.3) is 0 Å². The summed E-state index contributed by atoms with van der Waals surface area (Å²) in [5.41, 5.74) is 2.34. The van der Waals surface area contributed by atoms with Gasteiger partial charge >= 0.3 is 0 Å². The van der Waals surface area contributed by atoms with Gasteiger partial charge in [-0.05, 0) is 32.0 Å². The van der Waals surface area contributed by atoms with Crippen LogP contribution in [-0.4, -0.2) is 19.0 Å². The first-order valence-electron chi connectivity index (χ1n) is 5.11. The van der Waals surface area contributed by atoms with Crippen LogP contribution in [0.15, 0.2) is 28.4 Å². The highest BCUT2D eigenvalue weighted by molar-refractivity contribution is 6.02. The van der Waals surface area contributed by atoms with E-state index < -0.39 is 0 Å². The van der Waals surface area contributed by atoms with Crippen LogP contribution in [0.1, 0.15) is 24.2 Å². The highest BCUT2D eigenvalue weighted by atomic mass is 16.2. The third-order valence-corrected chi connectivity index (χ3v) is 2.59. The Morgan fingerprint density at radius 2 is 1.93 bits per heavy atom. The van der Waals surface area contributed by atoms with E-state index in [1.165, 1.54) is 0 Å². The van der Waals surface area contributed by atoms with Gasteiger partial charge in [-0.15, -0.1) is 10.2 Å². The largest absolute Gasteiger partial charge is 0.372 e. The minimum atomic E-state index is -0.237. The molecule has 1 aliphatic rings. The Balaban J connectivity index is 2.38. The first-order chi connectivity index (χ1) is 7.26. The van der Waals surface area contributed by atoms with Gasteiger partial charge in [0.25, 0.3) is 5.91 Å². The molecule has 0 bridgehead atoms. The molecule has 1 amide bonds. The SMILES string of the molecule is CCN(CC)c1ccc2c(c1)C(=O)N=N2. The van der Waals surface area contributed by atoms with Gasteiger partial charge in [0.05, 0.1) is 11.3 Å². The van der Waals surface area contributed by atoms with Crippen LogP contribution in [0.3, 0.4) is 0 Å². The van der Waals surface area contributed by atoms with Crippen molar-refractivity contribution in [2.45, 2.75) is 13.8 Å². The fraction of sp³-hybridized carbons (Fsp3) is 0.364. The fourth-order valence-electron chi connectivity index (χ4n) is 1.72. The summed E-state index contributed by atoms with van der Waals surface area (Å²) in [7, 11) is 0. The third kappa shape index (κ3) is 1.63. The molecule has 0 saturated heterocycles. The molecule has 15 heavy (non-hydrogen) atoms. The molecular weight excluding hydrogens is 190 g/mol. The van der Waals surface area contributed by atoms with Gasteiger partial charge in [-0.25, -0.2) is 0 Å². The number of azo groups is 1. The molecule has 4 heteroatoms. The van der Waals surface area contributed by atoms with Crippen molar-refractivity contribution >= 4 is 17.3 Å². The molecule has 0 atom stereocenters. The minimum absolute atomic E-state index is 0.237. The molecule has 1 aromatic rings. The molecule has 2 rings (SSSR count). The number of hydrogen-bond acceptors (Lipinski definition) is 3. The zero-order valence-electron chi connectivity index (χ0n) is 8.90. The molecule has 0 N–H and O–H groups in total. The van der Waals surface area contributed by atoms with E-state index in [1.807, 2.05) is 18.2 Å². The summed E-state index contributed by atoms with van der Waals surface area (Å²) in [5.74, 6) is -0.237. The molecule has 1 heterocycles. The van der Waals surface area contributed by atoms with E-state index in [1.54, 1.807) is 0 Å². The predicted molar refractivity (Wildman–Crippen MR) is 58.8 cm³/mol. The van der Waals surface area contributed by atoms with Crippen LogP contribution in [0, 0.1) is 0 Å². The molecular formula is C11H13N3O. The molecule has 1 aromatic carbocycles. The summed E-state index contributed by atoms with van der Waals surface area (Å²) in [6, 6.07) is 5.69. The van der Waals surface area contributed by atoms with Crippen molar-refractivity contribution in [3.05, 3.63) is 23.8 Å². The normalized spacial score (nSPS) is 13.1. The van der Waals surface area contributed by atoms with Crippen molar-refractivity contribution in [1.29, 1.82) is 0 Å². The molecule has 78 valence electrons. The van der Waals surface area contributed by atoms with Crippen molar-refractivity contribution in [3.63, 3.8) is 0 Å². The Bertz CT molecular complexity index is 422. The van der Waals surface area contributed by atoms with Crippen LogP contribution in [0.2, 0.25) is 0 Å². The zero-order chi connectivity index (χ0) is 10.8. The Morgan fingerprint density at radius 1 is 1.20 bits per heavy atom. The highest BCUT2D eigenvalue weighted by Crippen LogP contribution is 2.30. The molecule has 0 unspecified atom stereocenters. The topological polar surface area (TPSA) is 45.0 Å². The van der Waals surface area contributed by atoms with Crippen molar-refractivity contribution in [2.24, 2.45) is 10.2 Å². The van der Waals surface area contributed by atoms with Crippen molar-refractivity contribution < 1.29 is 4.79 Å². The Labute approximate surface area is 88.6 Å². The van der Waals surface area contributed by atoms with E-state index in [2.05, 4.69) is 29.0 Å². The van der Waals surface area contributed by atoms with E-state index in [0.29, 0.717) is 11.3 Å². The summed E-state index contributed by atoms with van der Waals surface area (Å²) in [4.78, 5) is 13.5. The molecule has 1 aliphatic heterocycles. The molecule has 0 aliphatic carbocycles. The first kappa shape index (κ1) is 9.83. The highest BCUT2D eigenvalue weighted by Gasteiger charge is 2.18. The second kappa shape index (κ2) is 3.81. The van der Waals surface area contributed by atoms with E-state index >= 15 is 0 Å². The molecule has 0 saturated carbocycles. The van der Waals surface area contributed by atoms with Crippen LogP contribution < -0.4 is 4.90 Å². The Morgan fingerprint density at radius 3 is 2.60 bits per heavy atom. The van der Waals surface area contributed by atoms with Gasteiger partial charge in [-0.2, -0.15) is 0 Å². The van der Waals surface area contributed by atoms with Gasteiger partial charge in [0.1, 0.15) is 0 Å². The minimum Gasteiger partial charge on any atom is -0.372 e. The lowest BCUT2D eigenvalue weighted by atomic mass is 10.1. The molecule has 0 aromatic heterocycles. The quantitative estimate of drug-likeness (QED) is 0.758. The maximum atomic E-state index is 11.3. The van der Waals surface area contributed by atoms with Gasteiger partial charge in [0.2, 0.25) is 0 Å². The number of anilines is 1. The summed E-state index contributed by atoms with van der Waals surface area (Å²) >= 11 is 0. The number of rotatable bonds is 3. The Kier molecular flexibility index (Phi) is 2.49. The second-order valence-electron chi connectivity index (χ2n) is 3.38. The van der Waals surface area contributed by atoms with Crippen LogP contribution in [0.5, 0.6) is 0 Å². The lowest BCUT2D eigenvalue weighted by Gasteiger charge is -2.21. The number of carbonyl (C=O) groups is 1. The standard InChI is InChI=1S/C11H13N3O/c1-3-14(4-2)8-5-6-10-9(7-8)11(15)13-12-10/h5-7H,3-4H2,1-2H3. The zero-order valence-corrected chi connectivity index (χ0v) is 8.90. The maximum absolute atomic E-state index is 11.3. The summed E-state index contributed by atoms with van der Waals surface area (Å²) in [5, 5.41) is 7.31. The van der Waals surface area contributed by atoms with Gasteiger partial charge in [-0.1, -0.05) is 0 Å². The van der Waals surface area contributed by atoms with Crippen molar-refractivity contribution in [3.8, 4) is 0 Å². The van der Waals surface area contributed by atoms with E-state index in [4.69, 9.17) is 0 Å². The van der Waals surface area contributed by atoms with E-state index in [9.17, 15) is 4.79 Å². The summed E-state index contributed by atoms with van der Waals surface area (Å²) < 4.78 is 0. The van der Waals surface area contributed by atoms with E-state index in [-0.39, 0.29) is 5.91 Å². The molecule has 0 spiro atoms. The van der Waals surface area contributed by atoms with Gasteiger partial charge in [0, 0.05) is 18.8 Å². The molecule has 0 radical (unpaired) electrons. The van der Waals surface area contributed by atoms with Gasteiger partial charge < -0.3 is 4.90 Å². The van der Waals surface area contributed by atoms with Crippen molar-refractivity contribution in [1.82, 2.24) is 0 Å². The second-order valence-corrected chi connectivity index (χ2v) is 3.38. The maximum Gasteiger partial charge on any atom is 0.297 e. The predicted octanol–water partition coefficient (Wildman–Crippen LogP) is 2.77. The number of nitrogens with zero attached hydrogens (tertiary/aromatic N) is 3. The lowest BCUT2D eigenvalue weighted by molar-refractivity contribution is 0.100. The summed E-state index contributed by atoms with van der Waals surface area (Å²) in [6.07, 6.45) is 0. The number of fused-ring (bicyclic) bond motifs is 1. The summed E-state index contributed by atoms with van der Waals surface area (Å²) in [6.45, 7) is 6.04. The number of carbonyl (C=O) groups excluding carboxylic acids is 1. The molecule has 0 fully saturated rings. The molecule has 4 nitrogen and oxygen atoms in total. The van der Waals surface area contributed by atoms with Crippen LogP contribution in [0.4, 0.5) is 11.4 Å². The van der Waals surface area contributed by atoms with Gasteiger partial charge in [0.15, 0.2) is 0 Å². The Hall–Kier alpha value is -1.71. The fourth-order valence-corrected chi connectivity index (χ4v) is 1.72. The van der Waals surface area contributed by atoms with E-state index in [0.717, 1.165) is 18.8 Å². The van der Waals surface area contributed by atoms with Crippen LogP contribution in [-0.2, 0) is 0 Å². The number of hydrogen-bond donors (Lipinski definition) is 0. The number of benzene rings is 1. The monoisotopic (exact) mass is 203 g/mol. The lowest BCUT2D eigenvalue weighted by Crippen LogP contribution is -2.21.